The van der Waals surface area contributed by atoms with Crippen molar-refractivity contribution in [3.05, 3.63) is 21.9 Å². The minimum Gasteiger partial charge on any atom is -0.320 e. The van der Waals surface area contributed by atoms with Crippen LogP contribution in [0.25, 0.3) is 0 Å². The van der Waals surface area contributed by atoms with E-state index in [9.17, 15) is 0 Å². The molecule has 0 saturated heterocycles. The van der Waals surface area contributed by atoms with Crippen LogP contribution in [0.4, 0.5) is 0 Å². The van der Waals surface area contributed by atoms with Crippen molar-refractivity contribution in [3.63, 3.8) is 0 Å². The van der Waals surface area contributed by atoms with E-state index in [0.29, 0.717) is 6.54 Å². The van der Waals surface area contributed by atoms with E-state index in [1.54, 1.807) is 11.3 Å². The van der Waals surface area contributed by atoms with E-state index in [0.717, 1.165) is 18.0 Å². The molecule has 92 valence electrons. The largest absolute Gasteiger partial charge is 0.320 e. The first-order valence-electron chi connectivity index (χ1n) is 6.23. The van der Waals surface area contributed by atoms with Crippen LogP contribution in [-0.2, 0) is 6.54 Å². The molecule has 3 heteroatoms. The molecule has 1 heterocycles. The van der Waals surface area contributed by atoms with Crippen molar-refractivity contribution in [3.8, 4) is 11.8 Å². The van der Waals surface area contributed by atoms with Gasteiger partial charge in [0.2, 0.25) is 0 Å². The van der Waals surface area contributed by atoms with Gasteiger partial charge in [0.1, 0.15) is 0 Å². The van der Waals surface area contributed by atoms with Crippen LogP contribution in [0.5, 0.6) is 0 Å². The van der Waals surface area contributed by atoms with Gasteiger partial charge in [-0.1, -0.05) is 18.3 Å². The lowest BCUT2D eigenvalue weighted by molar-refractivity contribution is 0.201. The molecule has 0 spiro atoms. The van der Waals surface area contributed by atoms with E-state index in [2.05, 4.69) is 35.2 Å². The lowest BCUT2D eigenvalue weighted by Crippen LogP contribution is -2.28. The van der Waals surface area contributed by atoms with Crippen LogP contribution in [0.3, 0.4) is 0 Å². The van der Waals surface area contributed by atoms with Gasteiger partial charge in [0, 0.05) is 28.9 Å². The molecule has 2 rings (SSSR count). The zero-order chi connectivity index (χ0) is 12.1. The van der Waals surface area contributed by atoms with Crippen molar-refractivity contribution in [1.82, 2.24) is 4.90 Å². The third-order valence-corrected chi connectivity index (χ3v) is 4.13. The number of thiophene rings is 1. The fourth-order valence-electron chi connectivity index (χ4n) is 2.13. The van der Waals surface area contributed by atoms with Gasteiger partial charge in [0.25, 0.3) is 0 Å². The van der Waals surface area contributed by atoms with Gasteiger partial charge in [-0.25, -0.2) is 0 Å². The molecule has 0 amide bonds. The van der Waals surface area contributed by atoms with Crippen LogP contribution >= 0.6 is 11.3 Å². The van der Waals surface area contributed by atoms with E-state index in [-0.39, 0.29) is 0 Å². The highest BCUT2D eigenvalue weighted by atomic mass is 32.1. The number of nitrogens with zero attached hydrogens (tertiary/aromatic N) is 1. The summed E-state index contributed by atoms with van der Waals surface area (Å²) < 4.78 is 0. The molecule has 1 fully saturated rings. The highest BCUT2D eigenvalue weighted by Gasteiger charge is 2.19. The van der Waals surface area contributed by atoms with Crippen molar-refractivity contribution in [2.24, 2.45) is 11.7 Å². The molecular weight excluding hydrogens is 228 g/mol. The maximum Gasteiger partial charge on any atom is 0.0555 e. The molecular formula is C14H20N2S. The second-order valence-corrected chi connectivity index (χ2v) is 5.80. The molecule has 1 aromatic heterocycles. The summed E-state index contributed by atoms with van der Waals surface area (Å²) in [5, 5.41) is 2.12. The molecule has 0 radical (unpaired) electrons. The van der Waals surface area contributed by atoms with E-state index >= 15 is 0 Å². The molecule has 17 heavy (non-hydrogen) atoms. The Bertz CT molecular complexity index is 409. The number of nitrogens with two attached hydrogens (primary N) is 1. The van der Waals surface area contributed by atoms with Crippen LogP contribution in [0.15, 0.2) is 11.4 Å². The first-order valence-corrected chi connectivity index (χ1v) is 7.11. The monoisotopic (exact) mass is 248 g/mol. The maximum atomic E-state index is 5.36. The van der Waals surface area contributed by atoms with Crippen molar-refractivity contribution >= 4 is 11.3 Å². The lowest BCUT2D eigenvalue weighted by Gasteiger charge is -2.29. The predicted molar refractivity (Wildman–Crippen MR) is 73.9 cm³/mol. The Morgan fingerprint density at radius 3 is 3.00 bits per heavy atom. The quantitative estimate of drug-likeness (QED) is 0.828. The van der Waals surface area contributed by atoms with Gasteiger partial charge in [-0.05, 0) is 31.9 Å². The smallest absolute Gasteiger partial charge is 0.0555 e. The van der Waals surface area contributed by atoms with Crippen LogP contribution in [0.1, 0.15) is 29.7 Å². The summed E-state index contributed by atoms with van der Waals surface area (Å²) in [4.78, 5) is 3.82. The average molecular weight is 248 g/mol. The SMILES string of the molecule is CN(Cc1cc(C#CCN)cs1)CC1CCC1. The second-order valence-electron chi connectivity index (χ2n) is 4.80. The van der Waals surface area contributed by atoms with Crippen LogP contribution in [0, 0.1) is 17.8 Å². The Balaban J connectivity index is 1.82. The predicted octanol–water partition coefficient (Wildman–Crippen LogP) is 2.29. The molecule has 0 aliphatic heterocycles. The third kappa shape index (κ3) is 3.85. The fourth-order valence-corrected chi connectivity index (χ4v) is 3.02. The van der Waals surface area contributed by atoms with E-state index in [1.807, 2.05) is 0 Å². The van der Waals surface area contributed by atoms with Gasteiger partial charge < -0.3 is 10.6 Å². The summed E-state index contributed by atoms with van der Waals surface area (Å²) in [7, 11) is 2.21. The Labute approximate surface area is 108 Å². The Morgan fingerprint density at radius 2 is 2.35 bits per heavy atom. The van der Waals surface area contributed by atoms with Gasteiger partial charge in [-0.15, -0.1) is 11.3 Å². The summed E-state index contributed by atoms with van der Waals surface area (Å²) >= 11 is 1.80. The highest BCUT2D eigenvalue weighted by molar-refractivity contribution is 7.10. The highest BCUT2D eigenvalue weighted by Crippen LogP contribution is 2.27. The Kier molecular flexibility index (Phi) is 4.61. The molecule has 0 atom stereocenters. The lowest BCUT2D eigenvalue weighted by atomic mass is 9.85. The molecule has 0 aromatic carbocycles. The minimum absolute atomic E-state index is 0.437. The minimum atomic E-state index is 0.437. The van der Waals surface area contributed by atoms with Crippen molar-refractivity contribution in [2.75, 3.05) is 20.1 Å². The maximum absolute atomic E-state index is 5.36. The zero-order valence-corrected chi connectivity index (χ0v) is 11.2. The van der Waals surface area contributed by atoms with Gasteiger partial charge in [-0.3, -0.25) is 0 Å². The van der Waals surface area contributed by atoms with Crippen LogP contribution in [-0.4, -0.2) is 25.0 Å². The standard InChI is InChI=1S/C14H20N2S/c1-16(9-12-4-2-5-12)10-14-8-13(11-17-14)6-3-7-15/h8,11-12H,2,4-5,7,9-10,15H2,1H3. The molecule has 1 saturated carbocycles. The van der Waals surface area contributed by atoms with Crippen molar-refractivity contribution in [1.29, 1.82) is 0 Å². The van der Waals surface area contributed by atoms with Crippen LogP contribution in [0.2, 0.25) is 0 Å². The summed E-state index contributed by atoms with van der Waals surface area (Å²) in [6, 6.07) is 2.19. The third-order valence-electron chi connectivity index (χ3n) is 3.21. The Hall–Kier alpha value is -0.820. The van der Waals surface area contributed by atoms with Crippen molar-refractivity contribution in [2.45, 2.75) is 25.8 Å². The van der Waals surface area contributed by atoms with Gasteiger partial charge in [0.05, 0.1) is 6.54 Å². The molecule has 0 bridgehead atoms. The summed E-state index contributed by atoms with van der Waals surface area (Å²) in [6.45, 7) is 2.72. The van der Waals surface area contributed by atoms with E-state index in [1.165, 1.54) is 30.7 Å². The fraction of sp³-hybridized carbons (Fsp3) is 0.571. The van der Waals surface area contributed by atoms with Crippen molar-refractivity contribution < 1.29 is 0 Å². The summed E-state index contributed by atoms with van der Waals surface area (Å²) in [6.07, 6.45) is 4.26. The molecule has 2 N–H and O–H groups in total. The van der Waals surface area contributed by atoms with Gasteiger partial charge in [0.15, 0.2) is 0 Å². The van der Waals surface area contributed by atoms with E-state index < -0.39 is 0 Å². The molecule has 0 unspecified atom stereocenters. The zero-order valence-electron chi connectivity index (χ0n) is 10.4. The number of hydrogen-bond donors (Lipinski definition) is 1. The molecule has 1 aromatic rings. The summed E-state index contributed by atoms with van der Waals surface area (Å²) in [5.41, 5.74) is 6.47. The molecule has 2 nitrogen and oxygen atoms in total. The number of rotatable bonds is 4. The Morgan fingerprint density at radius 1 is 1.53 bits per heavy atom. The van der Waals surface area contributed by atoms with Gasteiger partial charge in [-0.2, -0.15) is 0 Å². The average Bonchev–Trinajstić information content (AvgIpc) is 2.68. The molecule has 1 aliphatic carbocycles. The molecule has 1 aliphatic rings. The van der Waals surface area contributed by atoms with E-state index in [4.69, 9.17) is 5.73 Å². The number of hydrogen-bond acceptors (Lipinski definition) is 3. The normalized spacial score (nSPS) is 15.5. The topological polar surface area (TPSA) is 29.3 Å². The van der Waals surface area contributed by atoms with Crippen LogP contribution < -0.4 is 5.73 Å². The second kappa shape index (κ2) is 6.20. The van der Waals surface area contributed by atoms with Gasteiger partial charge >= 0.3 is 0 Å². The summed E-state index contributed by atoms with van der Waals surface area (Å²) in [5.74, 6) is 6.91. The first-order chi connectivity index (χ1) is 8.28. The first kappa shape index (κ1) is 12.6.